The van der Waals surface area contributed by atoms with Gasteiger partial charge in [0.05, 0.1) is 5.69 Å². The van der Waals surface area contributed by atoms with Crippen LogP contribution in [0.25, 0.3) is 20.9 Å². The number of fused-ring (bicyclic) bond motifs is 7. The van der Waals surface area contributed by atoms with Crippen molar-refractivity contribution in [3.05, 3.63) is 139 Å². The zero-order valence-corrected chi connectivity index (χ0v) is 23.4. The topological polar surface area (TPSA) is 6.48 Å². The fourth-order valence-electron chi connectivity index (χ4n) is 7.08. The van der Waals surface area contributed by atoms with Crippen molar-refractivity contribution in [1.82, 2.24) is 0 Å². The van der Waals surface area contributed by atoms with E-state index in [9.17, 15) is 0 Å². The average Bonchev–Trinajstić information content (AvgIpc) is 3.41. The van der Waals surface area contributed by atoms with E-state index < -0.39 is 0 Å². The molecule has 0 fully saturated rings. The number of aryl methyl sites for hydroxylation is 1. The van der Waals surface area contributed by atoms with Crippen LogP contribution in [-0.4, -0.2) is 6.71 Å². The summed E-state index contributed by atoms with van der Waals surface area (Å²) in [6.07, 6.45) is 0. The Morgan fingerprint density at radius 2 is 1.17 bits per heavy atom. The van der Waals surface area contributed by atoms with Crippen LogP contribution in [0.15, 0.2) is 133 Å². The first kappa shape index (κ1) is 23.0. The first-order valence-corrected chi connectivity index (χ1v) is 15.0. The van der Waals surface area contributed by atoms with E-state index in [0.29, 0.717) is 0 Å². The molecule has 2 aliphatic heterocycles. The molecule has 0 amide bonds. The van der Waals surface area contributed by atoms with Crippen LogP contribution in [0.1, 0.15) is 5.56 Å². The fraction of sp³-hybridized carbons (Fsp3) is 0.0270. The monoisotopic (exact) mass is 540 g/mol. The Morgan fingerprint density at radius 1 is 0.561 bits per heavy atom. The molecule has 3 heterocycles. The predicted molar refractivity (Wildman–Crippen MR) is 178 cm³/mol. The molecule has 41 heavy (non-hydrogen) atoms. The summed E-state index contributed by atoms with van der Waals surface area (Å²) in [5, 5.41) is 3.97. The van der Waals surface area contributed by atoms with Crippen molar-refractivity contribution in [3.8, 4) is 0 Å². The molecule has 2 aliphatic rings. The number of para-hydroxylation sites is 3. The first-order valence-electron chi connectivity index (χ1n) is 14.2. The van der Waals surface area contributed by atoms with E-state index in [0.717, 1.165) is 0 Å². The third-order valence-electron chi connectivity index (χ3n) is 8.78. The lowest BCUT2D eigenvalue weighted by molar-refractivity contribution is 1.26. The van der Waals surface area contributed by atoms with Crippen LogP contribution in [0.3, 0.4) is 0 Å². The van der Waals surface area contributed by atoms with Crippen LogP contribution in [0, 0.1) is 6.92 Å². The lowest BCUT2D eigenvalue weighted by atomic mass is 9.36. The highest BCUT2D eigenvalue weighted by Gasteiger charge is 2.44. The van der Waals surface area contributed by atoms with Crippen molar-refractivity contribution < 1.29 is 0 Å². The number of rotatable bonds is 2. The molecule has 0 bridgehead atoms. The average molecular weight is 541 g/mol. The number of thiophene rings is 1. The molecule has 0 saturated carbocycles. The fourth-order valence-corrected chi connectivity index (χ4v) is 8.48. The summed E-state index contributed by atoms with van der Waals surface area (Å²) in [6.45, 7) is 2.46. The van der Waals surface area contributed by atoms with Gasteiger partial charge >= 0.3 is 0 Å². The van der Waals surface area contributed by atoms with E-state index in [2.05, 4.69) is 150 Å². The van der Waals surface area contributed by atoms with Crippen LogP contribution >= 0.6 is 11.3 Å². The number of benzene rings is 6. The molecular weight excluding hydrogens is 515 g/mol. The number of nitrogens with zero attached hydrogens (tertiary/aromatic N) is 2. The van der Waals surface area contributed by atoms with Crippen molar-refractivity contribution in [1.29, 1.82) is 0 Å². The maximum absolute atomic E-state index is 2.52. The molecule has 192 valence electrons. The molecule has 0 aliphatic carbocycles. The van der Waals surface area contributed by atoms with E-state index in [4.69, 9.17) is 0 Å². The molecule has 7 aromatic rings. The van der Waals surface area contributed by atoms with Gasteiger partial charge in [0, 0.05) is 43.3 Å². The van der Waals surface area contributed by atoms with Gasteiger partial charge in [-0.2, -0.15) is 0 Å². The third kappa shape index (κ3) is 3.14. The summed E-state index contributed by atoms with van der Waals surface area (Å²) < 4.78 is 2.80. The lowest BCUT2D eigenvalue weighted by Crippen LogP contribution is -2.60. The third-order valence-corrected chi connectivity index (χ3v) is 10.2. The maximum Gasteiger partial charge on any atom is 0.264 e. The quantitative estimate of drug-likeness (QED) is 0.203. The van der Waals surface area contributed by atoms with Crippen molar-refractivity contribution >= 4 is 88.7 Å². The summed E-state index contributed by atoms with van der Waals surface area (Å²) in [5.41, 5.74) is 11.6. The lowest BCUT2D eigenvalue weighted by Gasteiger charge is -2.43. The number of hydrogen-bond acceptors (Lipinski definition) is 3. The molecule has 0 atom stereocenters. The van der Waals surface area contributed by atoms with Crippen molar-refractivity contribution in [3.63, 3.8) is 0 Å². The number of anilines is 6. The summed E-state index contributed by atoms with van der Waals surface area (Å²) in [5.74, 6) is 0. The zero-order chi connectivity index (χ0) is 27.1. The molecule has 0 N–H and O–H groups in total. The van der Waals surface area contributed by atoms with E-state index in [1.165, 1.54) is 76.2 Å². The summed E-state index contributed by atoms with van der Waals surface area (Å²) in [6, 6.07) is 48.8. The van der Waals surface area contributed by atoms with Crippen molar-refractivity contribution in [2.45, 2.75) is 6.92 Å². The Labute approximate surface area is 243 Å². The normalized spacial score (nSPS) is 13.3. The van der Waals surface area contributed by atoms with Gasteiger partial charge in [-0.05, 0) is 82.7 Å². The second-order valence-electron chi connectivity index (χ2n) is 11.0. The highest BCUT2D eigenvalue weighted by Crippen LogP contribution is 2.48. The number of hydrogen-bond donors (Lipinski definition) is 0. The van der Waals surface area contributed by atoms with Crippen LogP contribution in [0.2, 0.25) is 0 Å². The SMILES string of the molecule is Cc1c2ccccc2cc2c3c(sc12)B1c2ccccc2N(c2ccccc2)c2cccc(c21)N3c1ccccc1. The van der Waals surface area contributed by atoms with Gasteiger partial charge in [-0.1, -0.05) is 84.9 Å². The van der Waals surface area contributed by atoms with Gasteiger partial charge in [0.15, 0.2) is 0 Å². The Kier molecular flexibility index (Phi) is 4.82. The highest BCUT2D eigenvalue weighted by atomic mass is 32.1. The summed E-state index contributed by atoms with van der Waals surface area (Å²) in [7, 11) is 0. The molecule has 9 rings (SSSR count). The van der Waals surface area contributed by atoms with Gasteiger partial charge in [0.1, 0.15) is 0 Å². The summed E-state index contributed by atoms with van der Waals surface area (Å²) >= 11 is 1.98. The van der Waals surface area contributed by atoms with Gasteiger partial charge in [-0.25, -0.2) is 0 Å². The molecule has 4 heteroatoms. The van der Waals surface area contributed by atoms with Gasteiger partial charge in [-0.3, -0.25) is 0 Å². The molecule has 2 nitrogen and oxygen atoms in total. The van der Waals surface area contributed by atoms with Gasteiger partial charge in [0.25, 0.3) is 6.71 Å². The van der Waals surface area contributed by atoms with E-state index in [-0.39, 0.29) is 6.71 Å². The summed E-state index contributed by atoms with van der Waals surface area (Å²) in [4.78, 5) is 4.97. The minimum absolute atomic E-state index is 0.159. The first-order chi connectivity index (χ1) is 20.3. The van der Waals surface area contributed by atoms with E-state index in [1.807, 2.05) is 11.3 Å². The Hall–Kier alpha value is -4.80. The van der Waals surface area contributed by atoms with Crippen LogP contribution in [-0.2, 0) is 0 Å². The van der Waals surface area contributed by atoms with Gasteiger partial charge in [0.2, 0.25) is 0 Å². The van der Waals surface area contributed by atoms with E-state index in [1.54, 1.807) is 0 Å². The van der Waals surface area contributed by atoms with Gasteiger partial charge < -0.3 is 9.80 Å². The molecule has 0 radical (unpaired) electrons. The second-order valence-corrected chi connectivity index (χ2v) is 12.0. The maximum atomic E-state index is 2.52. The molecule has 6 aromatic carbocycles. The largest absolute Gasteiger partial charge is 0.311 e. The van der Waals surface area contributed by atoms with Crippen molar-refractivity contribution in [2.75, 3.05) is 9.80 Å². The smallest absolute Gasteiger partial charge is 0.264 e. The minimum atomic E-state index is 0.159. The molecule has 0 saturated heterocycles. The Balaban J connectivity index is 1.44. The molecular formula is C37H25BN2S. The van der Waals surface area contributed by atoms with Crippen molar-refractivity contribution in [2.24, 2.45) is 0 Å². The molecule has 1 aromatic heterocycles. The van der Waals surface area contributed by atoms with Crippen LogP contribution in [0.4, 0.5) is 34.1 Å². The zero-order valence-electron chi connectivity index (χ0n) is 22.6. The Morgan fingerprint density at radius 3 is 1.95 bits per heavy atom. The minimum Gasteiger partial charge on any atom is -0.311 e. The second kappa shape index (κ2) is 8.60. The molecule has 0 unspecified atom stereocenters. The van der Waals surface area contributed by atoms with Crippen LogP contribution < -0.4 is 25.5 Å². The van der Waals surface area contributed by atoms with E-state index >= 15 is 0 Å². The van der Waals surface area contributed by atoms with Crippen LogP contribution in [0.5, 0.6) is 0 Å². The molecule has 0 spiro atoms. The predicted octanol–water partition coefficient (Wildman–Crippen LogP) is 8.45. The highest BCUT2D eigenvalue weighted by molar-refractivity contribution is 7.34. The van der Waals surface area contributed by atoms with Gasteiger partial charge in [-0.15, -0.1) is 11.3 Å². The Bertz CT molecular complexity index is 2130. The standard InChI is InChI=1S/C37H25BN2S/c1-24-28-18-9-8-13-25(28)23-29-35-37(41-36(24)29)38-30-19-10-11-20-31(30)39(26-14-4-2-5-15-26)32-21-12-22-33(34(32)38)40(35)27-16-6-3-7-17-27/h2-23H,1H3.